The summed E-state index contributed by atoms with van der Waals surface area (Å²) in [5.41, 5.74) is 2.83. The number of allylic oxidation sites excluding steroid dienone is 2. The lowest BCUT2D eigenvalue weighted by Gasteiger charge is -2.32. The molecule has 1 aromatic heterocycles. The fourth-order valence-corrected chi connectivity index (χ4v) is 3.79. The highest BCUT2D eigenvalue weighted by molar-refractivity contribution is 7.98. The molecule has 2 heterocycles. The van der Waals surface area contributed by atoms with E-state index in [0.29, 0.717) is 24.1 Å². The molecule has 0 unspecified atom stereocenters. The second-order valence-electron chi connectivity index (χ2n) is 6.07. The predicted octanol–water partition coefficient (Wildman–Crippen LogP) is 3.42. The van der Waals surface area contributed by atoms with Crippen molar-refractivity contribution in [2.24, 2.45) is 0 Å². The van der Waals surface area contributed by atoms with E-state index in [1.807, 2.05) is 42.1 Å². The Morgan fingerprint density at radius 2 is 2.12 bits per heavy atom. The lowest BCUT2D eigenvalue weighted by Crippen LogP contribution is -2.31. The van der Waals surface area contributed by atoms with Crippen LogP contribution in [-0.2, 0) is 4.79 Å². The molecule has 4 rings (SSSR count). The van der Waals surface area contributed by atoms with Crippen LogP contribution in [0.25, 0.3) is 0 Å². The maximum absolute atomic E-state index is 12.7. The Hall–Kier alpha value is -2.28. The molecule has 0 saturated carbocycles. The first-order valence-electron chi connectivity index (χ1n) is 8.47. The lowest BCUT2D eigenvalue weighted by atomic mass is 9.85. The van der Waals surface area contributed by atoms with E-state index in [2.05, 4.69) is 15.4 Å². The number of nitrogens with one attached hydrogen (secondary N) is 1. The number of anilines is 1. The molecule has 0 amide bonds. The third-order valence-electron chi connectivity index (χ3n) is 4.54. The van der Waals surface area contributed by atoms with Crippen LogP contribution in [0, 0.1) is 0 Å². The van der Waals surface area contributed by atoms with Crippen molar-refractivity contribution in [3.05, 3.63) is 41.1 Å². The summed E-state index contributed by atoms with van der Waals surface area (Å²) in [6, 6.07) is 7.68. The van der Waals surface area contributed by atoms with Gasteiger partial charge in [-0.1, -0.05) is 23.9 Å². The standard InChI is InChI=1S/C18H20N4O2S/c1-3-24-12-9-7-11(8-10-12)16-15-13(5-4-6-14(15)23)19-17-20-18(25-2)21-22(16)17/h7-10,16H,3-6H2,1-2H3,(H,19,20,21)/t16-/m0/s1. The van der Waals surface area contributed by atoms with Crippen LogP contribution in [-0.4, -0.2) is 33.4 Å². The molecule has 0 fully saturated rings. The number of hydrogen-bond donors (Lipinski definition) is 1. The fraction of sp³-hybridized carbons (Fsp3) is 0.389. The van der Waals surface area contributed by atoms with E-state index in [-0.39, 0.29) is 11.8 Å². The van der Waals surface area contributed by atoms with E-state index in [1.54, 1.807) is 0 Å². The number of carbonyl (C=O) groups is 1. The van der Waals surface area contributed by atoms with E-state index in [9.17, 15) is 4.79 Å². The van der Waals surface area contributed by atoms with Crippen molar-refractivity contribution in [1.29, 1.82) is 0 Å². The number of nitrogens with zero attached hydrogens (tertiary/aromatic N) is 3. The van der Waals surface area contributed by atoms with E-state index in [1.165, 1.54) is 11.8 Å². The van der Waals surface area contributed by atoms with Gasteiger partial charge in [0, 0.05) is 17.7 Å². The molecular weight excluding hydrogens is 336 g/mol. The Morgan fingerprint density at radius 1 is 1.32 bits per heavy atom. The number of aromatic nitrogens is 3. The van der Waals surface area contributed by atoms with Gasteiger partial charge < -0.3 is 10.1 Å². The second-order valence-corrected chi connectivity index (χ2v) is 6.84. The van der Waals surface area contributed by atoms with Gasteiger partial charge in [0.05, 0.1) is 6.61 Å². The van der Waals surface area contributed by atoms with Crippen molar-refractivity contribution < 1.29 is 9.53 Å². The highest BCUT2D eigenvalue weighted by Crippen LogP contribution is 2.40. The average molecular weight is 356 g/mol. The van der Waals surface area contributed by atoms with Crippen LogP contribution in [0.5, 0.6) is 5.75 Å². The van der Waals surface area contributed by atoms with Crippen molar-refractivity contribution in [3.8, 4) is 5.75 Å². The van der Waals surface area contributed by atoms with Crippen molar-refractivity contribution in [2.75, 3.05) is 18.2 Å². The molecule has 0 spiro atoms. The summed E-state index contributed by atoms with van der Waals surface area (Å²) in [5.74, 6) is 1.73. The van der Waals surface area contributed by atoms with Crippen LogP contribution in [0.3, 0.4) is 0 Å². The van der Waals surface area contributed by atoms with Gasteiger partial charge in [-0.05, 0) is 43.7 Å². The highest BCUT2D eigenvalue weighted by atomic mass is 32.2. The number of hydrogen-bond acceptors (Lipinski definition) is 6. The van der Waals surface area contributed by atoms with Crippen LogP contribution in [0.2, 0.25) is 0 Å². The maximum Gasteiger partial charge on any atom is 0.227 e. The average Bonchev–Trinajstić information content (AvgIpc) is 3.04. The molecular formula is C18H20N4O2S. The molecule has 0 bridgehead atoms. The molecule has 130 valence electrons. The molecule has 6 nitrogen and oxygen atoms in total. The van der Waals surface area contributed by atoms with Gasteiger partial charge in [-0.3, -0.25) is 4.79 Å². The topological polar surface area (TPSA) is 69.0 Å². The molecule has 1 aromatic carbocycles. The molecule has 1 atom stereocenters. The Morgan fingerprint density at radius 3 is 2.84 bits per heavy atom. The monoisotopic (exact) mass is 356 g/mol. The zero-order chi connectivity index (χ0) is 17.4. The maximum atomic E-state index is 12.7. The third kappa shape index (κ3) is 2.82. The molecule has 25 heavy (non-hydrogen) atoms. The summed E-state index contributed by atoms with van der Waals surface area (Å²) in [6.45, 7) is 2.59. The smallest absolute Gasteiger partial charge is 0.227 e. The quantitative estimate of drug-likeness (QED) is 0.847. The van der Waals surface area contributed by atoms with Gasteiger partial charge in [0.15, 0.2) is 5.78 Å². The summed E-state index contributed by atoms with van der Waals surface area (Å²) in [6.07, 6.45) is 4.29. The molecule has 2 aliphatic rings. The summed E-state index contributed by atoms with van der Waals surface area (Å²) >= 11 is 1.50. The molecule has 0 radical (unpaired) electrons. The third-order valence-corrected chi connectivity index (χ3v) is 5.08. The Labute approximate surface area is 150 Å². The Bertz CT molecular complexity index is 841. The molecule has 1 aliphatic heterocycles. The molecule has 7 heteroatoms. The molecule has 2 aromatic rings. The van der Waals surface area contributed by atoms with Gasteiger partial charge in [0.2, 0.25) is 11.1 Å². The summed E-state index contributed by atoms with van der Waals surface area (Å²) in [7, 11) is 0. The van der Waals surface area contributed by atoms with Gasteiger partial charge in [0.25, 0.3) is 0 Å². The van der Waals surface area contributed by atoms with Crippen molar-refractivity contribution >= 4 is 23.5 Å². The van der Waals surface area contributed by atoms with Crippen molar-refractivity contribution in [1.82, 2.24) is 14.8 Å². The van der Waals surface area contributed by atoms with Gasteiger partial charge in [-0.15, -0.1) is 5.10 Å². The Kier molecular flexibility index (Phi) is 4.25. The number of thioether (sulfide) groups is 1. The summed E-state index contributed by atoms with van der Waals surface area (Å²) < 4.78 is 7.37. The first-order chi connectivity index (χ1) is 12.2. The van der Waals surface area contributed by atoms with Gasteiger partial charge >= 0.3 is 0 Å². The molecule has 1 aliphatic carbocycles. The Balaban J connectivity index is 1.82. The number of rotatable bonds is 4. The van der Waals surface area contributed by atoms with Crippen LogP contribution in [0.15, 0.2) is 40.7 Å². The zero-order valence-electron chi connectivity index (χ0n) is 14.3. The van der Waals surface area contributed by atoms with Crippen molar-refractivity contribution in [2.45, 2.75) is 37.4 Å². The number of fused-ring (bicyclic) bond motifs is 1. The number of carbonyl (C=O) groups excluding carboxylic acids is 1. The van der Waals surface area contributed by atoms with Crippen LogP contribution in [0.4, 0.5) is 5.95 Å². The zero-order valence-corrected chi connectivity index (χ0v) is 15.1. The van der Waals surface area contributed by atoms with E-state index in [0.717, 1.165) is 35.4 Å². The van der Waals surface area contributed by atoms with Gasteiger partial charge in [-0.2, -0.15) is 4.98 Å². The summed E-state index contributed by atoms with van der Waals surface area (Å²) in [5, 5.41) is 8.63. The van der Waals surface area contributed by atoms with E-state index >= 15 is 0 Å². The number of ether oxygens (including phenoxy) is 1. The fourth-order valence-electron chi connectivity index (χ4n) is 3.44. The minimum Gasteiger partial charge on any atom is -0.494 e. The van der Waals surface area contributed by atoms with Crippen LogP contribution in [0.1, 0.15) is 37.8 Å². The van der Waals surface area contributed by atoms with E-state index < -0.39 is 0 Å². The first-order valence-corrected chi connectivity index (χ1v) is 9.70. The van der Waals surface area contributed by atoms with E-state index in [4.69, 9.17) is 4.74 Å². The lowest BCUT2D eigenvalue weighted by molar-refractivity contribution is -0.116. The van der Waals surface area contributed by atoms with Crippen LogP contribution < -0.4 is 10.1 Å². The predicted molar refractivity (Wildman–Crippen MR) is 97.1 cm³/mol. The number of Topliss-reactive ketones (excluding diaryl/α,β-unsaturated/α-hetero) is 1. The largest absolute Gasteiger partial charge is 0.494 e. The minimum atomic E-state index is -0.233. The SMILES string of the molecule is CCOc1ccc([C@H]2C3=C(CCCC3=O)Nc3nc(SC)nn32)cc1. The number of benzene rings is 1. The normalized spacial score (nSPS) is 19.3. The number of ketones is 1. The molecule has 0 saturated heterocycles. The van der Waals surface area contributed by atoms with Crippen LogP contribution >= 0.6 is 11.8 Å². The second kappa shape index (κ2) is 6.55. The first kappa shape index (κ1) is 16.2. The van der Waals surface area contributed by atoms with Crippen molar-refractivity contribution in [3.63, 3.8) is 0 Å². The van der Waals surface area contributed by atoms with Gasteiger partial charge in [-0.25, -0.2) is 4.68 Å². The minimum absolute atomic E-state index is 0.194. The van der Waals surface area contributed by atoms with Gasteiger partial charge in [0.1, 0.15) is 11.8 Å². The molecule has 1 N–H and O–H groups in total. The summed E-state index contributed by atoms with van der Waals surface area (Å²) in [4.78, 5) is 17.2. The highest BCUT2D eigenvalue weighted by Gasteiger charge is 2.36.